The maximum Gasteiger partial charge on any atom is 0.416 e. The third-order valence-electron chi connectivity index (χ3n) is 2.81. The Morgan fingerprint density at radius 1 is 1.10 bits per heavy atom. The van der Waals surface area contributed by atoms with Crippen LogP contribution >= 0.6 is 0 Å². The summed E-state index contributed by atoms with van der Waals surface area (Å²) in [6, 6.07) is 9.71. The van der Waals surface area contributed by atoms with Crippen molar-refractivity contribution >= 4 is 5.69 Å². The molecule has 21 heavy (non-hydrogen) atoms. The standard InChI is InChI=1S/C15H11F3N2O/c1-9-2-3-10(8-19)14(6-9)21-13-5-4-11(7-12(13)20)15(16,17)18/h2-7H,20H2,1H3. The molecule has 0 saturated carbocycles. The third kappa shape index (κ3) is 3.26. The monoisotopic (exact) mass is 292 g/mol. The summed E-state index contributed by atoms with van der Waals surface area (Å²) < 4.78 is 43.1. The zero-order chi connectivity index (χ0) is 15.6. The first-order valence-corrected chi connectivity index (χ1v) is 5.96. The number of halogens is 3. The highest BCUT2D eigenvalue weighted by atomic mass is 19.4. The predicted molar refractivity (Wildman–Crippen MR) is 71.8 cm³/mol. The molecule has 0 aromatic heterocycles. The van der Waals surface area contributed by atoms with Crippen LogP contribution in [0.5, 0.6) is 11.5 Å². The molecular formula is C15H11F3N2O. The zero-order valence-electron chi connectivity index (χ0n) is 11.0. The van der Waals surface area contributed by atoms with E-state index < -0.39 is 11.7 Å². The Labute approximate surface area is 119 Å². The molecule has 108 valence electrons. The summed E-state index contributed by atoms with van der Waals surface area (Å²) in [6.07, 6.45) is -4.46. The number of hydrogen-bond donors (Lipinski definition) is 1. The minimum atomic E-state index is -4.46. The summed E-state index contributed by atoms with van der Waals surface area (Å²) >= 11 is 0. The average molecular weight is 292 g/mol. The van der Waals surface area contributed by atoms with E-state index in [2.05, 4.69) is 0 Å². The van der Waals surface area contributed by atoms with Gasteiger partial charge in [-0.1, -0.05) is 6.07 Å². The second-order valence-corrected chi connectivity index (χ2v) is 4.46. The molecule has 3 nitrogen and oxygen atoms in total. The predicted octanol–water partition coefficient (Wildman–Crippen LogP) is 4.26. The Kier molecular flexibility index (Phi) is 3.76. The number of ether oxygens (including phenoxy) is 1. The number of rotatable bonds is 2. The molecule has 2 aromatic carbocycles. The SMILES string of the molecule is Cc1ccc(C#N)c(Oc2ccc(C(F)(F)F)cc2N)c1. The van der Waals surface area contributed by atoms with Crippen molar-refractivity contribution in [3.63, 3.8) is 0 Å². The highest BCUT2D eigenvalue weighted by molar-refractivity contribution is 5.57. The lowest BCUT2D eigenvalue weighted by Gasteiger charge is -2.13. The fourth-order valence-electron chi connectivity index (χ4n) is 1.74. The van der Waals surface area contributed by atoms with Crippen molar-refractivity contribution in [3.05, 3.63) is 53.1 Å². The van der Waals surface area contributed by atoms with Crippen LogP contribution in [-0.4, -0.2) is 0 Å². The molecule has 0 heterocycles. The van der Waals surface area contributed by atoms with Crippen LogP contribution < -0.4 is 10.5 Å². The van der Waals surface area contributed by atoms with Crippen molar-refractivity contribution in [2.75, 3.05) is 5.73 Å². The number of alkyl halides is 3. The van der Waals surface area contributed by atoms with Crippen LogP contribution in [0.4, 0.5) is 18.9 Å². The molecule has 0 aliphatic carbocycles. The average Bonchev–Trinajstić information content (AvgIpc) is 2.40. The topological polar surface area (TPSA) is 59.0 Å². The van der Waals surface area contributed by atoms with Crippen molar-refractivity contribution in [1.29, 1.82) is 5.26 Å². The third-order valence-corrected chi connectivity index (χ3v) is 2.81. The lowest BCUT2D eigenvalue weighted by molar-refractivity contribution is -0.137. The van der Waals surface area contributed by atoms with Crippen molar-refractivity contribution in [3.8, 4) is 17.6 Å². The van der Waals surface area contributed by atoms with Gasteiger partial charge in [0, 0.05) is 0 Å². The van der Waals surface area contributed by atoms with E-state index in [4.69, 9.17) is 15.7 Å². The lowest BCUT2D eigenvalue weighted by atomic mass is 10.1. The van der Waals surface area contributed by atoms with Crippen LogP contribution in [0.2, 0.25) is 0 Å². The number of anilines is 1. The Bertz CT molecular complexity index is 718. The number of aryl methyl sites for hydroxylation is 1. The molecule has 2 N–H and O–H groups in total. The van der Waals surface area contributed by atoms with Gasteiger partial charge in [-0.15, -0.1) is 0 Å². The fraction of sp³-hybridized carbons (Fsp3) is 0.133. The van der Waals surface area contributed by atoms with E-state index in [0.29, 0.717) is 0 Å². The van der Waals surface area contributed by atoms with E-state index in [-0.39, 0.29) is 22.7 Å². The van der Waals surface area contributed by atoms with Gasteiger partial charge in [-0.2, -0.15) is 18.4 Å². The van der Waals surface area contributed by atoms with Crippen LogP contribution in [-0.2, 0) is 6.18 Å². The second-order valence-electron chi connectivity index (χ2n) is 4.46. The number of benzene rings is 2. The van der Waals surface area contributed by atoms with Gasteiger partial charge in [0.1, 0.15) is 17.6 Å². The maximum atomic E-state index is 12.6. The number of nitriles is 1. The van der Waals surface area contributed by atoms with E-state index in [0.717, 1.165) is 23.8 Å². The quantitative estimate of drug-likeness (QED) is 0.841. The Hall–Kier alpha value is -2.68. The molecule has 0 aliphatic heterocycles. The summed E-state index contributed by atoms with van der Waals surface area (Å²) in [7, 11) is 0. The molecule has 0 atom stereocenters. The zero-order valence-corrected chi connectivity index (χ0v) is 11.0. The molecule has 0 radical (unpaired) electrons. The first-order chi connectivity index (χ1) is 9.81. The highest BCUT2D eigenvalue weighted by Crippen LogP contribution is 2.36. The van der Waals surface area contributed by atoms with Gasteiger partial charge in [0.05, 0.1) is 16.8 Å². The van der Waals surface area contributed by atoms with Crippen molar-refractivity contribution in [2.45, 2.75) is 13.1 Å². The van der Waals surface area contributed by atoms with Gasteiger partial charge in [0.25, 0.3) is 0 Å². The number of nitrogens with zero attached hydrogens (tertiary/aromatic N) is 1. The minimum Gasteiger partial charge on any atom is -0.454 e. The molecule has 0 fully saturated rings. The summed E-state index contributed by atoms with van der Waals surface area (Å²) in [4.78, 5) is 0. The van der Waals surface area contributed by atoms with Gasteiger partial charge >= 0.3 is 6.18 Å². The molecule has 0 saturated heterocycles. The Balaban J connectivity index is 2.37. The van der Waals surface area contributed by atoms with E-state index in [1.165, 1.54) is 0 Å². The molecule has 0 unspecified atom stereocenters. The summed E-state index contributed by atoms with van der Waals surface area (Å²) in [5.74, 6) is 0.328. The van der Waals surface area contributed by atoms with Gasteiger partial charge in [0.15, 0.2) is 0 Å². The van der Waals surface area contributed by atoms with E-state index in [1.807, 2.05) is 13.0 Å². The van der Waals surface area contributed by atoms with Gasteiger partial charge in [-0.05, 0) is 42.8 Å². The van der Waals surface area contributed by atoms with Gasteiger partial charge in [0.2, 0.25) is 0 Å². The second kappa shape index (κ2) is 5.37. The van der Waals surface area contributed by atoms with Crippen molar-refractivity contribution in [2.24, 2.45) is 0 Å². The number of nitrogen functional groups attached to an aromatic ring is 1. The number of nitrogens with two attached hydrogens (primary N) is 1. The first-order valence-electron chi connectivity index (χ1n) is 5.96. The largest absolute Gasteiger partial charge is 0.454 e. The summed E-state index contributed by atoms with van der Waals surface area (Å²) in [5.41, 5.74) is 5.73. The molecule has 0 bridgehead atoms. The Morgan fingerprint density at radius 3 is 2.38 bits per heavy atom. The lowest BCUT2D eigenvalue weighted by Crippen LogP contribution is -2.06. The molecular weight excluding hydrogens is 281 g/mol. The summed E-state index contributed by atoms with van der Waals surface area (Å²) in [6.45, 7) is 1.81. The van der Waals surface area contributed by atoms with Crippen molar-refractivity contribution < 1.29 is 17.9 Å². The van der Waals surface area contributed by atoms with Crippen molar-refractivity contribution in [1.82, 2.24) is 0 Å². The normalized spacial score (nSPS) is 11.0. The smallest absolute Gasteiger partial charge is 0.416 e. The fourth-order valence-corrected chi connectivity index (χ4v) is 1.74. The number of hydrogen-bond acceptors (Lipinski definition) is 3. The van der Waals surface area contributed by atoms with Crippen LogP contribution in [0, 0.1) is 18.3 Å². The highest BCUT2D eigenvalue weighted by Gasteiger charge is 2.31. The van der Waals surface area contributed by atoms with Gasteiger partial charge < -0.3 is 10.5 Å². The maximum absolute atomic E-state index is 12.6. The molecule has 0 aliphatic rings. The molecule has 6 heteroatoms. The summed E-state index contributed by atoms with van der Waals surface area (Å²) in [5, 5.41) is 9.00. The van der Waals surface area contributed by atoms with E-state index >= 15 is 0 Å². The Morgan fingerprint density at radius 2 is 1.81 bits per heavy atom. The van der Waals surface area contributed by atoms with E-state index in [1.54, 1.807) is 18.2 Å². The first kappa shape index (κ1) is 14.7. The molecule has 0 spiro atoms. The molecule has 0 amide bonds. The minimum absolute atomic E-state index is 0.0742. The van der Waals surface area contributed by atoms with Crippen LogP contribution in [0.1, 0.15) is 16.7 Å². The van der Waals surface area contributed by atoms with Crippen LogP contribution in [0.25, 0.3) is 0 Å². The van der Waals surface area contributed by atoms with Crippen LogP contribution in [0.3, 0.4) is 0 Å². The van der Waals surface area contributed by atoms with Gasteiger partial charge in [-0.3, -0.25) is 0 Å². The van der Waals surface area contributed by atoms with E-state index in [9.17, 15) is 13.2 Å². The van der Waals surface area contributed by atoms with Gasteiger partial charge in [-0.25, -0.2) is 0 Å². The van der Waals surface area contributed by atoms with Crippen LogP contribution in [0.15, 0.2) is 36.4 Å². The molecule has 2 rings (SSSR count). The molecule has 2 aromatic rings.